The molecule has 0 saturated heterocycles. The lowest BCUT2D eigenvalue weighted by atomic mass is 9.84. The first-order valence-corrected chi connectivity index (χ1v) is 8.51. The number of benzene rings is 1. The number of nitrogens with two attached hydrogens (primary N) is 1. The molecule has 0 aromatic heterocycles. The van der Waals surface area contributed by atoms with Gasteiger partial charge in [-0.15, -0.1) is 0 Å². The van der Waals surface area contributed by atoms with Crippen molar-refractivity contribution in [1.29, 1.82) is 0 Å². The monoisotopic (exact) mass is 300 g/mol. The zero-order chi connectivity index (χ0) is 14.8. The minimum atomic E-state index is -3.86. The third-order valence-corrected chi connectivity index (χ3v) is 4.92. The summed E-state index contributed by atoms with van der Waals surface area (Å²) in [5.41, 5.74) is 0.329. The predicted octanol–water partition coefficient (Wildman–Crippen LogP) is 2.85. The largest absolute Gasteiger partial charge is 0.380 e. The first-order chi connectivity index (χ1) is 9.38. The molecule has 0 radical (unpaired) electrons. The molecule has 1 saturated carbocycles. The Labute approximate surface area is 119 Å². The summed E-state index contributed by atoms with van der Waals surface area (Å²) in [5.74, 6) is -0.0414. The van der Waals surface area contributed by atoms with Crippen LogP contribution in [0, 0.1) is 11.7 Å². The first kappa shape index (κ1) is 15.3. The van der Waals surface area contributed by atoms with Crippen LogP contribution in [0.2, 0.25) is 0 Å². The van der Waals surface area contributed by atoms with Crippen molar-refractivity contribution in [3.63, 3.8) is 0 Å². The summed E-state index contributed by atoms with van der Waals surface area (Å²) < 4.78 is 36.2. The van der Waals surface area contributed by atoms with Crippen molar-refractivity contribution in [2.24, 2.45) is 11.1 Å². The fraction of sp³-hybridized carbons (Fsp3) is 0.571. The maximum Gasteiger partial charge on any atom is 0.238 e. The summed E-state index contributed by atoms with van der Waals surface area (Å²) in [7, 11) is -3.86. The van der Waals surface area contributed by atoms with Crippen molar-refractivity contribution < 1.29 is 12.8 Å². The number of hydrogen-bond donors (Lipinski definition) is 2. The number of nitrogens with one attached hydrogen (secondary N) is 1. The van der Waals surface area contributed by atoms with E-state index in [1.807, 2.05) is 6.92 Å². The van der Waals surface area contributed by atoms with Crippen LogP contribution in [0.1, 0.15) is 39.0 Å². The molecule has 1 aromatic carbocycles. The molecule has 6 heteroatoms. The number of anilines is 1. The normalized spacial score (nSPS) is 18.8. The van der Waals surface area contributed by atoms with E-state index in [-0.39, 0.29) is 10.9 Å². The van der Waals surface area contributed by atoms with Gasteiger partial charge in [-0.3, -0.25) is 0 Å². The Kier molecular flexibility index (Phi) is 4.65. The minimum Gasteiger partial charge on any atom is -0.380 e. The van der Waals surface area contributed by atoms with Crippen molar-refractivity contribution in [3.05, 3.63) is 24.0 Å². The Morgan fingerprint density at radius 1 is 1.30 bits per heavy atom. The van der Waals surface area contributed by atoms with Gasteiger partial charge in [0, 0.05) is 6.04 Å². The summed E-state index contributed by atoms with van der Waals surface area (Å²) in [6.45, 7) is 2.04. The van der Waals surface area contributed by atoms with E-state index in [4.69, 9.17) is 5.14 Å². The van der Waals surface area contributed by atoms with Gasteiger partial charge in [0.05, 0.1) is 10.6 Å². The second kappa shape index (κ2) is 6.10. The molecule has 0 bridgehead atoms. The van der Waals surface area contributed by atoms with E-state index in [1.165, 1.54) is 31.4 Å². The highest BCUT2D eigenvalue weighted by Crippen LogP contribution is 2.29. The Morgan fingerprint density at radius 3 is 2.50 bits per heavy atom. The van der Waals surface area contributed by atoms with E-state index in [0.717, 1.165) is 18.9 Å². The molecule has 1 aliphatic rings. The maximum absolute atomic E-state index is 13.9. The Hall–Kier alpha value is -1.14. The Morgan fingerprint density at radius 2 is 1.95 bits per heavy atom. The third kappa shape index (κ3) is 3.70. The fourth-order valence-electron chi connectivity index (χ4n) is 2.79. The highest BCUT2D eigenvalue weighted by atomic mass is 32.2. The highest BCUT2D eigenvalue weighted by Gasteiger charge is 2.21. The van der Waals surface area contributed by atoms with Gasteiger partial charge in [-0.05, 0) is 43.9 Å². The lowest BCUT2D eigenvalue weighted by Gasteiger charge is -2.29. The van der Waals surface area contributed by atoms with E-state index >= 15 is 0 Å². The Balaban J connectivity index is 2.09. The van der Waals surface area contributed by atoms with E-state index < -0.39 is 15.8 Å². The van der Waals surface area contributed by atoms with Gasteiger partial charge in [0.15, 0.2) is 0 Å². The molecule has 1 aliphatic carbocycles. The molecule has 1 fully saturated rings. The van der Waals surface area contributed by atoms with Crippen LogP contribution in [0.3, 0.4) is 0 Å². The van der Waals surface area contributed by atoms with Crippen LogP contribution in [0.15, 0.2) is 23.1 Å². The standard InChI is InChI=1S/C14H21FN2O2S/c1-10(11-5-3-2-4-6-11)17-14-8-7-12(9-13(14)15)20(16,18)19/h7-11,17H,2-6H2,1H3,(H2,16,18,19). The van der Waals surface area contributed by atoms with E-state index in [9.17, 15) is 12.8 Å². The molecule has 2 rings (SSSR count). The average Bonchev–Trinajstić information content (AvgIpc) is 2.41. The van der Waals surface area contributed by atoms with Gasteiger partial charge in [-0.25, -0.2) is 17.9 Å². The van der Waals surface area contributed by atoms with Crippen LogP contribution in [0.4, 0.5) is 10.1 Å². The van der Waals surface area contributed by atoms with E-state index in [0.29, 0.717) is 11.6 Å². The molecular formula is C14H21FN2O2S. The summed E-state index contributed by atoms with van der Waals surface area (Å²) in [6.07, 6.45) is 6.05. The summed E-state index contributed by atoms with van der Waals surface area (Å²) in [6, 6.07) is 3.90. The third-order valence-electron chi connectivity index (χ3n) is 4.01. The SMILES string of the molecule is CC(Nc1ccc(S(N)(=O)=O)cc1F)C1CCCCC1. The summed E-state index contributed by atoms with van der Waals surface area (Å²) >= 11 is 0. The molecule has 1 aromatic rings. The number of rotatable bonds is 4. The van der Waals surface area contributed by atoms with Crippen LogP contribution in [-0.2, 0) is 10.0 Å². The van der Waals surface area contributed by atoms with Crippen molar-refractivity contribution >= 4 is 15.7 Å². The van der Waals surface area contributed by atoms with Gasteiger partial charge in [-0.2, -0.15) is 0 Å². The van der Waals surface area contributed by atoms with Crippen molar-refractivity contribution in [2.75, 3.05) is 5.32 Å². The zero-order valence-electron chi connectivity index (χ0n) is 11.6. The zero-order valence-corrected chi connectivity index (χ0v) is 12.4. The van der Waals surface area contributed by atoms with Crippen LogP contribution in [0.25, 0.3) is 0 Å². The van der Waals surface area contributed by atoms with Gasteiger partial charge in [0.2, 0.25) is 10.0 Å². The van der Waals surface area contributed by atoms with E-state index in [2.05, 4.69) is 5.32 Å². The number of halogens is 1. The second-order valence-corrected chi connectivity index (χ2v) is 7.08. The molecule has 1 atom stereocenters. The molecule has 112 valence electrons. The van der Waals surface area contributed by atoms with Crippen LogP contribution in [-0.4, -0.2) is 14.5 Å². The van der Waals surface area contributed by atoms with Gasteiger partial charge in [0.1, 0.15) is 5.82 Å². The fourth-order valence-corrected chi connectivity index (χ4v) is 3.31. The molecule has 0 amide bonds. The van der Waals surface area contributed by atoms with Gasteiger partial charge in [0.25, 0.3) is 0 Å². The minimum absolute atomic E-state index is 0.171. The smallest absolute Gasteiger partial charge is 0.238 e. The van der Waals surface area contributed by atoms with Crippen molar-refractivity contribution in [2.45, 2.75) is 50.0 Å². The molecule has 3 N–H and O–H groups in total. The molecule has 4 nitrogen and oxygen atoms in total. The summed E-state index contributed by atoms with van der Waals surface area (Å²) in [5, 5.41) is 8.13. The van der Waals surface area contributed by atoms with Gasteiger partial charge < -0.3 is 5.32 Å². The number of hydrogen-bond acceptors (Lipinski definition) is 3. The van der Waals surface area contributed by atoms with Crippen molar-refractivity contribution in [3.8, 4) is 0 Å². The second-order valence-electron chi connectivity index (χ2n) is 5.52. The van der Waals surface area contributed by atoms with Crippen LogP contribution >= 0.6 is 0 Å². The van der Waals surface area contributed by atoms with Crippen molar-refractivity contribution in [1.82, 2.24) is 0 Å². The highest BCUT2D eigenvalue weighted by molar-refractivity contribution is 7.89. The van der Waals surface area contributed by atoms with Crippen LogP contribution < -0.4 is 10.5 Å². The predicted molar refractivity (Wildman–Crippen MR) is 77.4 cm³/mol. The Bertz CT molecular complexity index is 569. The molecule has 0 spiro atoms. The summed E-state index contributed by atoms with van der Waals surface area (Å²) in [4.78, 5) is -0.203. The molecular weight excluding hydrogens is 279 g/mol. The maximum atomic E-state index is 13.9. The topological polar surface area (TPSA) is 72.2 Å². The van der Waals surface area contributed by atoms with Crippen LogP contribution in [0.5, 0.6) is 0 Å². The lowest BCUT2D eigenvalue weighted by molar-refractivity contribution is 0.328. The van der Waals surface area contributed by atoms with Gasteiger partial charge >= 0.3 is 0 Å². The number of primary sulfonamides is 1. The van der Waals surface area contributed by atoms with Gasteiger partial charge in [-0.1, -0.05) is 19.3 Å². The molecule has 1 unspecified atom stereocenters. The first-order valence-electron chi connectivity index (χ1n) is 6.97. The quantitative estimate of drug-likeness (QED) is 0.898. The number of sulfonamides is 1. The molecule has 0 heterocycles. The average molecular weight is 300 g/mol. The lowest BCUT2D eigenvalue weighted by Crippen LogP contribution is -2.28. The molecule has 20 heavy (non-hydrogen) atoms. The molecule has 0 aliphatic heterocycles. The van der Waals surface area contributed by atoms with E-state index in [1.54, 1.807) is 0 Å².